The molecule has 92 valence electrons. The molecule has 1 fully saturated rings. The molecule has 1 aliphatic rings. The average molecular weight is 236 g/mol. The molecule has 1 heterocycles. The minimum atomic E-state index is -1.28. The van der Waals surface area contributed by atoms with Gasteiger partial charge in [0, 0.05) is 0 Å². The summed E-state index contributed by atoms with van der Waals surface area (Å²) in [5.74, 6) is -0.594. The average Bonchev–Trinajstić information content (AvgIpc) is 2.27. The molecule has 1 aliphatic heterocycles. The van der Waals surface area contributed by atoms with E-state index in [0.717, 1.165) is 0 Å². The number of hydrogen-bond acceptors (Lipinski definition) is 4. The van der Waals surface area contributed by atoms with Crippen molar-refractivity contribution in [1.29, 1.82) is 0 Å². The van der Waals surface area contributed by atoms with Crippen LogP contribution in [0.3, 0.4) is 0 Å². The number of benzene rings is 1. The molecule has 1 saturated heterocycles. The van der Waals surface area contributed by atoms with Crippen LogP contribution in [0.5, 0.6) is 0 Å². The van der Waals surface area contributed by atoms with Crippen molar-refractivity contribution in [3.63, 3.8) is 0 Å². The molecule has 17 heavy (non-hydrogen) atoms. The molecule has 0 spiro atoms. The summed E-state index contributed by atoms with van der Waals surface area (Å²) >= 11 is 0. The fourth-order valence-corrected chi connectivity index (χ4v) is 1.59. The molecule has 1 unspecified atom stereocenters. The highest BCUT2D eigenvalue weighted by atomic mass is 16.6. The van der Waals surface area contributed by atoms with Gasteiger partial charge in [-0.15, -0.1) is 0 Å². The van der Waals surface area contributed by atoms with Crippen LogP contribution < -0.4 is 11.5 Å². The van der Waals surface area contributed by atoms with Crippen LogP contribution in [0, 0.1) is 0 Å². The van der Waals surface area contributed by atoms with E-state index in [9.17, 15) is 4.79 Å². The molecule has 0 aromatic heterocycles. The molecule has 1 amide bonds. The minimum Gasteiger partial charge on any atom is -0.376 e. The molecule has 0 bridgehead atoms. The molecule has 2 rings (SSSR count). The van der Waals surface area contributed by atoms with Crippen molar-refractivity contribution in [2.24, 2.45) is 11.5 Å². The summed E-state index contributed by atoms with van der Waals surface area (Å²) in [6, 6.07) is 9.01. The second kappa shape index (κ2) is 4.83. The van der Waals surface area contributed by atoms with E-state index in [1.165, 1.54) is 0 Å². The number of carbonyl (C=O) groups is 1. The van der Waals surface area contributed by atoms with Crippen molar-refractivity contribution in [2.75, 3.05) is 19.8 Å². The largest absolute Gasteiger partial charge is 0.376 e. The van der Waals surface area contributed by atoms with Gasteiger partial charge in [-0.2, -0.15) is 0 Å². The zero-order valence-electron chi connectivity index (χ0n) is 9.46. The first kappa shape index (κ1) is 12.0. The van der Waals surface area contributed by atoms with Crippen LogP contribution in [-0.2, 0) is 19.8 Å². The molecule has 0 aliphatic carbocycles. The second-order valence-corrected chi connectivity index (χ2v) is 4.17. The lowest BCUT2D eigenvalue weighted by Gasteiger charge is -2.32. The summed E-state index contributed by atoms with van der Waals surface area (Å²) in [5.41, 5.74) is 10.8. The normalized spacial score (nSPS) is 19.4. The Labute approximate surface area is 99.7 Å². The maximum atomic E-state index is 11.5. The topological polar surface area (TPSA) is 87.6 Å². The molecule has 0 saturated carbocycles. The van der Waals surface area contributed by atoms with Crippen molar-refractivity contribution in [3.05, 3.63) is 35.9 Å². The van der Waals surface area contributed by atoms with Gasteiger partial charge in [-0.25, -0.2) is 0 Å². The van der Waals surface area contributed by atoms with Gasteiger partial charge in [-0.05, 0) is 5.56 Å². The monoisotopic (exact) mass is 236 g/mol. The number of nitrogens with two attached hydrogens (primary N) is 2. The number of amides is 1. The van der Waals surface area contributed by atoms with E-state index in [2.05, 4.69) is 0 Å². The molecule has 1 atom stereocenters. The van der Waals surface area contributed by atoms with Gasteiger partial charge in [0.05, 0.1) is 19.8 Å². The smallest absolute Gasteiger partial charge is 0.244 e. The molecule has 1 aromatic rings. The third kappa shape index (κ3) is 2.46. The highest BCUT2D eigenvalue weighted by Gasteiger charge is 2.36. The van der Waals surface area contributed by atoms with E-state index in [-0.39, 0.29) is 12.7 Å². The third-order valence-corrected chi connectivity index (χ3v) is 2.88. The number of rotatable bonds is 5. The minimum absolute atomic E-state index is 0.0148. The summed E-state index contributed by atoms with van der Waals surface area (Å²) in [6.45, 7) is 1.16. The Hall–Kier alpha value is -1.43. The first-order valence-electron chi connectivity index (χ1n) is 5.46. The molecule has 5 nitrogen and oxygen atoms in total. The Morgan fingerprint density at radius 2 is 2.06 bits per heavy atom. The van der Waals surface area contributed by atoms with Gasteiger partial charge < -0.3 is 20.9 Å². The number of primary amides is 1. The molecule has 4 N–H and O–H groups in total. The maximum Gasteiger partial charge on any atom is 0.244 e. The standard InChI is InChI=1S/C12H16N2O3/c13-11(15)12(14,8-17-10-6-16-7-10)9-4-2-1-3-5-9/h1-5,10H,6-8,14H2,(H2,13,15). The third-order valence-electron chi connectivity index (χ3n) is 2.88. The predicted octanol–water partition coefficient (Wildman–Crippen LogP) is -0.259. The lowest BCUT2D eigenvalue weighted by atomic mass is 9.91. The van der Waals surface area contributed by atoms with Gasteiger partial charge in [-0.3, -0.25) is 4.79 Å². The maximum absolute atomic E-state index is 11.5. The fourth-order valence-electron chi connectivity index (χ4n) is 1.59. The molecule has 1 aromatic carbocycles. The van der Waals surface area contributed by atoms with Crippen molar-refractivity contribution in [1.82, 2.24) is 0 Å². The van der Waals surface area contributed by atoms with Crippen LogP contribution in [0.2, 0.25) is 0 Å². The van der Waals surface area contributed by atoms with Gasteiger partial charge >= 0.3 is 0 Å². The summed E-state index contributed by atoms with van der Waals surface area (Å²) < 4.78 is 10.5. The Balaban J connectivity index is 2.11. The number of ether oxygens (including phenoxy) is 2. The summed E-state index contributed by atoms with van der Waals surface area (Å²) in [5, 5.41) is 0. The van der Waals surface area contributed by atoms with Gasteiger partial charge in [0.15, 0.2) is 0 Å². The van der Waals surface area contributed by atoms with E-state index in [0.29, 0.717) is 18.8 Å². The highest BCUT2D eigenvalue weighted by molar-refractivity contribution is 5.86. The van der Waals surface area contributed by atoms with E-state index >= 15 is 0 Å². The van der Waals surface area contributed by atoms with E-state index < -0.39 is 11.4 Å². The van der Waals surface area contributed by atoms with Gasteiger partial charge in [0.2, 0.25) is 5.91 Å². The Kier molecular flexibility index (Phi) is 3.42. The predicted molar refractivity (Wildman–Crippen MR) is 62.1 cm³/mol. The number of carbonyl (C=O) groups excluding carboxylic acids is 1. The van der Waals surface area contributed by atoms with E-state index in [4.69, 9.17) is 20.9 Å². The van der Waals surface area contributed by atoms with Crippen molar-refractivity contribution in [2.45, 2.75) is 11.6 Å². The van der Waals surface area contributed by atoms with Crippen LogP contribution >= 0.6 is 0 Å². The van der Waals surface area contributed by atoms with Crippen molar-refractivity contribution < 1.29 is 14.3 Å². The van der Waals surface area contributed by atoms with Crippen LogP contribution in [0.4, 0.5) is 0 Å². The van der Waals surface area contributed by atoms with Gasteiger partial charge in [-0.1, -0.05) is 30.3 Å². The van der Waals surface area contributed by atoms with Gasteiger partial charge in [0.25, 0.3) is 0 Å². The Morgan fingerprint density at radius 1 is 1.41 bits per heavy atom. The lowest BCUT2D eigenvalue weighted by Crippen LogP contribution is -2.54. The summed E-state index contributed by atoms with van der Waals surface area (Å²) in [6.07, 6.45) is 0.0148. The first-order valence-corrected chi connectivity index (χ1v) is 5.46. The van der Waals surface area contributed by atoms with Crippen LogP contribution in [0.1, 0.15) is 5.56 Å². The van der Waals surface area contributed by atoms with E-state index in [1.807, 2.05) is 18.2 Å². The number of hydrogen-bond donors (Lipinski definition) is 2. The molecule has 5 heteroatoms. The van der Waals surface area contributed by atoms with Crippen LogP contribution in [0.25, 0.3) is 0 Å². The van der Waals surface area contributed by atoms with E-state index in [1.54, 1.807) is 12.1 Å². The van der Waals surface area contributed by atoms with Crippen molar-refractivity contribution in [3.8, 4) is 0 Å². The molecular formula is C12H16N2O3. The zero-order chi connectivity index (χ0) is 12.3. The fraction of sp³-hybridized carbons (Fsp3) is 0.417. The van der Waals surface area contributed by atoms with Crippen LogP contribution in [-0.4, -0.2) is 31.8 Å². The van der Waals surface area contributed by atoms with Crippen LogP contribution in [0.15, 0.2) is 30.3 Å². The molecule has 0 radical (unpaired) electrons. The molecular weight excluding hydrogens is 220 g/mol. The SMILES string of the molecule is NC(=O)C(N)(COC1COC1)c1ccccc1. The highest BCUT2D eigenvalue weighted by Crippen LogP contribution is 2.20. The summed E-state index contributed by atoms with van der Waals surface area (Å²) in [4.78, 5) is 11.5. The van der Waals surface area contributed by atoms with Crippen molar-refractivity contribution >= 4 is 5.91 Å². The van der Waals surface area contributed by atoms with Gasteiger partial charge in [0.1, 0.15) is 11.6 Å². The zero-order valence-corrected chi connectivity index (χ0v) is 9.46. The Bertz CT molecular complexity index is 392. The first-order chi connectivity index (χ1) is 8.13. The Morgan fingerprint density at radius 3 is 2.53 bits per heavy atom. The second-order valence-electron chi connectivity index (χ2n) is 4.17. The quantitative estimate of drug-likeness (QED) is 0.737. The lowest BCUT2D eigenvalue weighted by molar-refractivity contribution is -0.147. The summed E-state index contributed by atoms with van der Waals surface area (Å²) in [7, 11) is 0.